The number of rotatable bonds is 10. The Morgan fingerprint density at radius 2 is 2.20 bits per heavy atom. The third kappa shape index (κ3) is 7.06. The number of hydrogen-bond donors (Lipinski definition) is 2. The Labute approximate surface area is 119 Å². The number of carbonyl (C=O) groups is 1. The van der Waals surface area contributed by atoms with Gasteiger partial charge in [0.1, 0.15) is 5.75 Å². The Hall–Kier alpha value is -1.66. The fourth-order valence-corrected chi connectivity index (χ4v) is 1.54. The first-order valence-corrected chi connectivity index (χ1v) is 6.74. The number of carbonyl (C=O) groups excluding carboxylic acids is 1. The third-order valence-corrected chi connectivity index (χ3v) is 2.68. The van der Waals surface area contributed by atoms with Crippen molar-refractivity contribution in [1.29, 1.82) is 0 Å². The molecule has 0 radical (unpaired) electrons. The second-order valence-electron chi connectivity index (χ2n) is 4.28. The van der Waals surface area contributed by atoms with E-state index in [9.17, 15) is 4.79 Å². The number of ether oxygens (including phenoxy) is 2. The van der Waals surface area contributed by atoms with E-state index in [2.05, 4.69) is 15.6 Å². The maximum Gasteiger partial charge on any atom is 0.219 e. The minimum absolute atomic E-state index is 0.0317. The summed E-state index contributed by atoms with van der Waals surface area (Å²) in [5, 5.41) is 5.80. The van der Waals surface area contributed by atoms with Gasteiger partial charge in [0.05, 0.1) is 25.1 Å². The van der Waals surface area contributed by atoms with Crippen molar-refractivity contribution in [3.63, 3.8) is 0 Å². The zero-order valence-corrected chi connectivity index (χ0v) is 12.1. The van der Waals surface area contributed by atoms with Gasteiger partial charge in [0.15, 0.2) is 0 Å². The molecule has 0 unspecified atom stereocenters. The number of amides is 1. The van der Waals surface area contributed by atoms with Crippen molar-refractivity contribution in [2.45, 2.75) is 19.4 Å². The molecule has 1 aromatic heterocycles. The first kappa shape index (κ1) is 16.4. The number of methoxy groups -OCH3 is 1. The van der Waals surface area contributed by atoms with E-state index in [0.717, 1.165) is 18.0 Å². The predicted octanol–water partition coefficient (Wildman–Crippen LogP) is 0.723. The number of aromatic nitrogens is 1. The molecule has 1 aromatic rings. The molecule has 0 aliphatic heterocycles. The summed E-state index contributed by atoms with van der Waals surface area (Å²) in [6, 6.07) is 3.81. The average Bonchev–Trinajstić information content (AvgIpc) is 2.49. The number of hydrogen-bond acceptors (Lipinski definition) is 5. The molecule has 2 N–H and O–H groups in total. The molecule has 0 spiro atoms. The van der Waals surface area contributed by atoms with Crippen molar-refractivity contribution >= 4 is 5.91 Å². The first-order valence-electron chi connectivity index (χ1n) is 6.74. The SMILES string of the molecule is CNC(=O)CCCOc1ccc(CNCCOC)nc1. The van der Waals surface area contributed by atoms with Crippen molar-refractivity contribution in [1.82, 2.24) is 15.6 Å². The molecule has 20 heavy (non-hydrogen) atoms. The Bertz CT molecular complexity index is 382. The van der Waals surface area contributed by atoms with Crippen molar-refractivity contribution in [2.75, 3.05) is 33.9 Å². The van der Waals surface area contributed by atoms with Gasteiger partial charge in [-0.05, 0) is 18.6 Å². The summed E-state index contributed by atoms with van der Waals surface area (Å²) in [7, 11) is 3.31. The summed E-state index contributed by atoms with van der Waals surface area (Å²) in [5.74, 6) is 0.756. The Morgan fingerprint density at radius 1 is 1.35 bits per heavy atom. The quantitative estimate of drug-likeness (QED) is 0.618. The molecule has 0 atom stereocenters. The van der Waals surface area contributed by atoms with Crippen molar-refractivity contribution in [3.8, 4) is 5.75 Å². The van der Waals surface area contributed by atoms with Gasteiger partial charge in [-0.25, -0.2) is 0 Å². The Kier molecular flexibility index (Phi) is 8.33. The smallest absolute Gasteiger partial charge is 0.219 e. The van der Waals surface area contributed by atoms with Crippen LogP contribution in [-0.2, 0) is 16.1 Å². The van der Waals surface area contributed by atoms with Gasteiger partial charge >= 0.3 is 0 Å². The fourth-order valence-electron chi connectivity index (χ4n) is 1.54. The van der Waals surface area contributed by atoms with Crippen molar-refractivity contribution in [2.24, 2.45) is 0 Å². The van der Waals surface area contributed by atoms with Crippen LogP contribution in [0.4, 0.5) is 0 Å². The van der Waals surface area contributed by atoms with Crippen LogP contribution >= 0.6 is 0 Å². The van der Waals surface area contributed by atoms with Crippen LogP contribution in [0, 0.1) is 0 Å². The maximum atomic E-state index is 11.0. The maximum absolute atomic E-state index is 11.0. The monoisotopic (exact) mass is 281 g/mol. The van der Waals surface area contributed by atoms with Gasteiger partial charge in [-0.1, -0.05) is 0 Å². The standard InChI is InChI=1S/C14H23N3O3/c1-15-14(18)4-3-8-20-13-6-5-12(17-11-13)10-16-7-9-19-2/h5-6,11,16H,3-4,7-10H2,1-2H3,(H,15,18). The van der Waals surface area contributed by atoms with Crippen LogP contribution in [0.25, 0.3) is 0 Å². The Morgan fingerprint density at radius 3 is 2.85 bits per heavy atom. The molecule has 1 amide bonds. The summed E-state index contributed by atoms with van der Waals surface area (Å²) in [5.41, 5.74) is 0.957. The highest BCUT2D eigenvalue weighted by Gasteiger charge is 2.00. The van der Waals surface area contributed by atoms with E-state index in [1.54, 1.807) is 20.4 Å². The normalized spacial score (nSPS) is 10.3. The number of nitrogens with zero attached hydrogens (tertiary/aromatic N) is 1. The predicted molar refractivity (Wildman–Crippen MR) is 76.6 cm³/mol. The molecule has 0 saturated carbocycles. The summed E-state index contributed by atoms with van der Waals surface area (Å²) >= 11 is 0. The molecule has 0 aromatic carbocycles. The summed E-state index contributed by atoms with van der Waals surface area (Å²) < 4.78 is 10.5. The lowest BCUT2D eigenvalue weighted by molar-refractivity contribution is -0.120. The lowest BCUT2D eigenvalue weighted by Gasteiger charge is -2.07. The zero-order chi connectivity index (χ0) is 14.6. The van der Waals surface area contributed by atoms with Gasteiger partial charge in [0, 0.05) is 33.7 Å². The topological polar surface area (TPSA) is 72.5 Å². The molecular weight excluding hydrogens is 258 g/mol. The largest absolute Gasteiger partial charge is 0.492 e. The Balaban J connectivity index is 2.19. The minimum Gasteiger partial charge on any atom is -0.492 e. The van der Waals surface area contributed by atoms with Crippen molar-refractivity contribution in [3.05, 3.63) is 24.0 Å². The van der Waals surface area contributed by atoms with Crippen LogP contribution in [-0.4, -0.2) is 44.8 Å². The van der Waals surface area contributed by atoms with Crippen LogP contribution < -0.4 is 15.4 Å². The van der Waals surface area contributed by atoms with Crippen LogP contribution in [0.5, 0.6) is 5.75 Å². The lowest BCUT2D eigenvalue weighted by Crippen LogP contribution is -2.19. The van der Waals surface area contributed by atoms with E-state index in [1.807, 2.05) is 12.1 Å². The van der Waals surface area contributed by atoms with E-state index < -0.39 is 0 Å². The highest BCUT2D eigenvalue weighted by atomic mass is 16.5. The lowest BCUT2D eigenvalue weighted by atomic mass is 10.3. The summed E-state index contributed by atoms with van der Waals surface area (Å²) in [6.45, 7) is 2.71. The third-order valence-electron chi connectivity index (χ3n) is 2.68. The molecule has 6 heteroatoms. The molecule has 1 heterocycles. The summed E-state index contributed by atoms with van der Waals surface area (Å²) in [6.07, 6.45) is 2.87. The van der Waals surface area contributed by atoms with Crippen LogP contribution in [0.3, 0.4) is 0 Å². The molecule has 0 fully saturated rings. The fraction of sp³-hybridized carbons (Fsp3) is 0.571. The number of nitrogens with one attached hydrogen (secondary N) is 2. The van der Waals surface area contributed by atoms with E-state index in [-0.39, 0.29) is 5.91 Å². The highest BCUT2D eigenvalue weighted by molar-refractivity contribution is 5.75. The molecule has 0 aliphatic rings. The molecule has 6 nitrogen and oxygen atoms in total. The molecule has 112 valence electrons. The van der Waals surface area contributed by atoms with E-state index in [0.29, 0.717) is 32.6 Å². The van der Waals surface area contributed by atoms with Gasteiger partial charge in [-0.3, -0.25) is 9.78 Å². The van der Waals surface area contributed by atoms with E-state index >= 15 is 0 Å². The second-order valence-corrected chi connectivity index (χ2v) is 4.28. The summed E-state index contributed by atoms with van der Waals surface area (Å²) in [4.78, 5) is 15.3. The van der Waals surface area contributed by atoms with Gasteiger partial charge in [0.25, 0.3) is 0 Å². The van der Waals surface area contributed by atoms with Crippen LogP contribution in [0.1, 0.15) is 18.5 Å². The first-order chi connectivity index (χ1) is 9.76. The van der Waals surface area contributed by atoms with Gasteiger partial charge in [0.2, 0.25) is 5.91 Å². The molecular formula is C14H23N3O3. The molecule has 1 rings (SSSR count). The molecule has 0 saturated heterocycles. The molecule has 0 aliphatic carbocycles. The average molecular weight is 281 g/mol. The van der Waals surface area contributed by atoms with E-state index in [1.165, 1.54) is 0 Å². The van der Waals surface area contributed by atoms with E-state index in [4.69, 9.17) is 9.47 Å². The zero-order valence-electron chi connectivity index (χ0n) is 12.1. The number of pyridine rings is 1. The second kappa shape index (κ2) is 10.2. The van der Waals surface area contributed by atoms with Crippen LogP contribution in [0.2, 0.25) is 0 Å². The van der Waals surface area contributed by atoms with Gasteiger partial charge in [-0.15, -0.1) is 0 Å². The van der Waals surface area contributed by atoms with Gasteiger partial charge in [-0.2, -0.15) is 0 Å². The highest BCUT2D eigenvalue weighted by Crippen LogP contribution is 2.09. The van der Waals surface area contributed by atoms with Crippen molar-refractivity contribution < 1.29 is 14.3 Å². The van der Waals surface area contributed by atoms with Gasteiger partial charge < -0.3 is 20.1 Å². The van der Waals surface area contributed by atoms with Crippen LogP contribution in [0.15, 0.2) is 18.3 Å². The molecule has 0 bridgehead atoms. The minimum atomic E-state index is 0.0317.